The smallest absolute Gasteiger partial charge is 0.719 e. The van der Waals surface area contributed by atoms with Crippen LogP contribution in [0.15, 0.2) is 0 Å². The number of carbonyl (C=O) groups is 2. The van der Waals surface area contributed by atoms with E-state index in [1.807, 2.05) is 0 Å². The van der Waals surface area contributed by atoms with Crippen molar-refractivity contribution in [2.75, 3.05) is 0 Å². The van der Waals surface area contributed by atoms with Gasteiger partial charge in [-0.3, -0.25) is 0 Å². The van der Waals surface area contributed by atoms with E-state index in [1.54, 1.807) is 0 Å². The Labute approximate surface area is 81.1 Å². The minimum absolute atomic E-state index is 0. The summed E-state index contributed by atoms with van der Waals surface area (Å²) < 4.78 is 3.23. The Bertz CT molecular complexity index is 92.7. The molecule has 4 nitrogen and oxygen atoms in total. The summed E-state index contributed by atoms with van der Waals surface area (Å²) in [6.07, 6.45) is -1.92. The third-order valence-electron chi connectivity index (χ3n) is 0.167. The normalized spacial score (nSPS) is 5.78. The molecule has 0 aliphatic heterocycles. The zero-order valence-electron chi connectivity index (χ0n) is 5.04. The van der Waals surface area contributed by atoms with Gasteiger partial charge in [-0.2, -0.15) is 0 Å². The van der Waals surface area contributed by atoms with Crippen molar-refractivity contribution in [1.82, 2.24) is 0 Å². The second kappa shape index (κ2) is 8.35. The van der Waals surface area contributed by atoms with Gasteiger partial charge >= 0.3 is 37.7 Å². The Morgan fingerprint density at radius 1 is 1.33 bits per heavy atom. The molecule has 0 aromatic heterocycles. The van der Waals surface area contributed by atoms with E-state index in [1.165, 1.54) is 0 Å². The first-order valence-corrected chi connectivity index (χ1v) is 1.63. The van der Waals surface area contributed by atoms with E-state index in [4.69, 9.17) is 0 Å². The molecule has 0 spiro atoms. The molecule has 0 unspecified atom stereocenters. The van der Waals surface area contributed by atoms with Crippen LogP contribution >= 0.6 is 0 Å². The average Bonchev–Trinajstić information content (AvgIpc) is 1.27. The molecule has 0 aromatic rings. The van der Waals surface area contributed by atoms with Gasteiger partial charge in [0, 0.05) is 0 Å². The van der Waals surface area contributed by atoms with Crippen LogP contribution in [-0.4, -0.2) is 11.5 Å². The molecule has 9 heavy (non-hydrogen) atoms. The van der Waals surface area contributed by atoms with Crippen molar-refractivity contribution in [2.24, 2.45) is 0 Å². The van der Waals surface area contributed by atoms with Gasteiger partial charge in [0.25, 0.3) is 6.16 Å². The fourth-order valence-electron chi connectivity index (χ4n) is 0.0680. The van der Waals surface area contributed by atoms with Crippen molar-refractivity contribution < 1.29 is 57.2 Å². The molecule has 0 atom stereocenters. The number of ether oxygens (including phenoxy) is 1. The molecule has 7 heteroatoms. The standard InChI is InChI=1S/C2H2O4S.2Li/c3-1(4)6-2(5)7;;/h(H,3,4)(H,5,7);;/q;2*+1/p-2. The van der Waals surface area contributed by atoms with Crippen LogP contribution < -0.4 is 42.8 Å². The van der Waals surface area contributed by atoms with Crippen molar-refractivity contribution in [3.8, 4) is 0 Å². The van der Waals surface area contributed by atoms with E-state index in [0.29, 0.717) is 0 Å². The molecule has 0 N–H and O–H groups in total. The SMILES string of the molecule is O=C([O-])OC(=O)[S-].[Li+].[Li+]. The fraction of sp³-hybridized carbons (Fsp3) is 0. The number of carbonyl (C=O) groups excluding carboxylic acids is 2. The fourth-order valence-corrected chi connectivity index (χ4v) is 0.136. The Hall–Kier alpha value is 0.355. The first-order valence-electron chi connectivity index (χ1n) is 1.22. The van der Waals surface area contributed by atoms with Crippen LogP contribution in [0.1, 0.15) is 0 Å². The molecule has 0 saturated carbocycles. The van der Waals surface area contributed by atoms with Gasteiger partial charge in [-0.1, -0.05) is 0 Å². The van der Waals surface area contributed by atoms with Gasteiger partial charge in [0.1, 0.15) is 5.30 Å². The largest absolute Gasteiger partial charge is 1.00 e. The molecule has 40 valence electrons. The molecule has 0 aliphatic carbocycles. The van der Waals surface area contributed by atoms with Gasteiger partial charge in [0.05, 0.1) is 0 Å². The summed E-state index contributed by atoms with van der Waals surface area (Å²) >= 11 is 3.67. The van der Waals surface area contributed by atoms with Crippen LogP contribution in [0, 0.1) is 0 Å². The van der Waals surface area contributed by atoms with Crippen molar-refractivity contribution in [3.63, 3.8) is 0 Å². The summed E-state index contributed by atoms with van der Waals surface area (Å²) in [5, 5.41) is 7.90. The Kier molecular flexibility index (Phi) is 15.0. The zero-order valence-corrected chi connectivity index (χ0v) is 5.86. The molecule has 0 rings (SSSR count). The summed E-state index contributed by atoms with van der Waals surface area (Å²) in [4.78, 5) is 18.6. The third kappa shape index (κ3) is 17.8. The van der Waals surface area contributed by atoms with Crippen LogP contribution in [0.2, 0.25) is 0 Å². The molecular formula is C2Li2O4S. The van der Waals surface area contributed by atoms with Gasteiger partial charge in [0.2, 0.25) is 0 Å². The van der Waals surface area contributed by atoms with Crippen molar-refractivity contribution in [3.05, 3.63) is 0 Å². The summed E-state index contributed by atoms with van der Waals surface area (Å²) in [6, 6.07) is 0. The molecule has 0 fully saturated rings. The summed E-state index contributed by atoms with van der Waals surface area (Å²) in [7, 11) is 0. The van der Waals surface area contributed by atoms with Crippen LogP contribution in [0.5, 0.6) is 0 Å². The number of rotatable bonds is 0. The van der Waals surface area contributed by atoms with Crippen molar-refractivity contribution in [2.45, 2.75) is 0 Å². The summed E-state index contributed by atoms with van der Waals surface area (Å²) in [6.45, 7) is 0. The molecule has 0 aliphatic rings. The maximum Gasteiger partial charge on any atom is 1.00 e. The minimum atomic E-state index is -1.92. The second-order valence-electron chi connectivity index (χ2n) is 0.602. The molecule has 0 bridgehead atoms. The minimum Gasteiger partial charge on any atom is -0.719 e. The number of hydrogen-bond donors (Lipinski definition) is 0. The van der Waals surface area contributed by atoms with Crippen LogP contribution in [-0.2, 0) is 17.4 Å². The predicted octanol–water partition coefficient (Wildman–Crippen LogP) is -6.98. The van der Waals surface area contributed by atoms with E-state index in [2.05, 4.69) is 17.4 Å². The first-order chi connectivity index (χ1) is 3.13. The Morgan fingerprint density at radius 2 is 1.67 bits per heavy atom. The molecule has 0 radical (unpaired) electrons. The van der Waals surface area contributed by atoms with E-state index in [0.717, 1.165) is 0 Å². The van der Waals surface area contributed by atoms with E-state index in [-0.39, 0.29) is 37.7 Å². The number of hydrogen-bond acceptors (Lipinski definition) is 5. The molecule has 0 heterocycles. The second-order valence-corrected chi connectivity index (χ2v) is 0.935. The Balaban J connectivity index is -0.000000180. The first kappa shape index (κ1) is 16.2. The maximum atomic E-state index is 9.43. The van der Waals surface area contributed by atoms with Gasteiger partial charge in [-0.05, 0) is 0 Å². The maximum absolute atomic E-state index is 9.43. The van der Waals surface area contributed by atoms with E-state index < -0.39 is 11.5 Å². The topological polar surface area (TPSA) is 66.4 Å². The van der Waals surface area contributed by atoms with Crippen LogP contribution in [0.4, 0.5) is 9.59 Å². The van der Waals surface area contributed by atoms with Gasteiger partial charge in [0.15, 0.2) is 0 Å². The zero-order chi connectivity index (χ0) is 5.86. The molecule has 0 saturated heterocycles. The number of carboxylic acid groups (broad SMARTS) is 1. The molecular weight excluding hydrogens is 134 g/mol. The average molecular weight is 134 g/mol. The van der Waals surface area contributed by atoms with E-state index in [9.17, 15) is 14.7 Å². The molecule has 0 amide bonds. The van der Waals surface area contributed by atoms with Crippen molar-refractivity contribution in [1.29, 1.82) is 0 Å². The Morgan fingerprint density at radius 3 is 1.67 bits per heavy atom. The van der Waals surface area contributed by atoms with Crippen LogP contribution in [0.25, 0.3) is 0 Å². The summed E-state index contributed by atoms with van der Waals surface area (Å²) in [5.74, 6) is 0. The van der Waals surface area contributed by atoms with Gasteiger partial charge < -0.3 is 32.1 Å². The molecule has 0 aromatic carbocycles. The van der Waals surface area contributed by atoms with Crippen LogP contribution in [0.3, 0.4) is 0 Å². The summed E-state index contributed by atoms with van der Waals surface area (Å²) in [5.41, 5.74) is 0. The third-order valence-corrected chi connectivity index (χ3v) is 0.250. The van der Waals surface area contributed by atoms with Gasteiger partial charge in [-0.25, -0.2) is 0 Å². The monoisotopic (exact) mass is 134 g/mol. The van der Waals surface area contributed by atoms with Crippen molar-refractivity contribution >= 4 is 24.1 Å². The quantitative estimate of drug-likeness (QED) is 0.142. The van der Waals surface area contributed by atoms with E-state index >= 15 is 0 Å². The predicted molar refractivity (Wildman–Crippen MR) is 19.2 cm³/mol. The van der Waals surface area contributed by atoms with Gasteiger partial charge in [-0.15, -0.1) is 0 Å².